The van der Waals surface area contributed by atoms with E-state index >= 15 is 0 Å². The topological polar surface area (TPSA) is 125 Å². The second-order valence-corrected chi connectivity index (χ2v) is 9.24. The second-order valence-electron chi connectivity index (χ2n) is 7.56. The summed E-state index contributed by atoms with van der Waals surface area (Å²) >= 11 is 0. The monoisotopic (exact) mass is 454 g/mol. The summed E-state index contributed by atoms with van der Waals surface area (Å²) < 4.78 is 27.7. The van der Waals surface area contributed by atoms with Gasteiger partial charge in [-0.1, -0.05) is 18.6 Å². The van der Waals surface area contributed by atoms with Gasteiger partial charge < -0.3 is 5.32 Å². The van der Waals surface area contributed by atoms with Gasteiger partial charge in [-0.3, -0.25) is 29.0 Å². The molecule has 0 saturated carbocycles. The van der Waals surface area contributed by atoms with Crippen LogP contribution in [0.25, 0.3) is 0 Å². The SMILES string of the molecule is O=C(CN1C(=O)c2ccccc2C1=O)Nc1ccc(S(=O)(=O)NC2=NCCCCC2)cc1. The van der Waals surface area contributed by atoms with E-state index in [9.17, 15) is 22.8 Å². The number of imide groups is 1. The largest absolute Gasteiger partial charge is 0.325 e. The van der Waals surface area contributed by atoms with Crippen molar-refractivity contribution in [3.05, 3.63) is 59.7 Å². The summed E-state index contributed by atoms with van der Waals surface area (Å²) in [5.74, 6) is -1.15. The van der Waals surface area contributed by atoms with Gasteiger partial charge in [0.05, 0.1) is 16.0 Å². The molecule has 0 bridgehead atoms. The van der Waals surface area contributed by atoms with E-state index in [0.29, 0.717) is 24.5 Å². The Morgan fingerprint density at radius 1 is 0.938 bits per heavy atom. The molecule has 2 aromatic carbocycles. The van der Waals surface area contributed by atoms with Crippen LogP contribution in [0.2, 0.25) is 0 Å². The first kappa shape index (κ1) is 21.7. The molecule has 0 radical (unpaired) electrons. The fraction of sp³-hybridized carbons (Fsp3) is 0.273. The van der Waals surface area contributed by atoms with Crippen molar-refractivity contribution in [1.29, 1.82) is 0 Å². The molecule has 0 atom stereocenters. The molecular formula is C22H22N4O5S. The summed E-state index contributed by atoms with van der Waals surface area (Å²) in [6, 6.07) is 12.0. The fourth-order valence-electron chi connectivity index (χ4n) is 3.62. The number of carbonyl (C=O) groups is 3. The number of amides is 3. The third-order valence-corrected chi connectivity index (χ3v) is 6.65. The quantitative estimate of drug-likeness (QED) is 0.670. The standard InChI is InChI=1S/C22H22N4O5S/c27-20(14-26-21(28)17-6-3-4-7-18(17)22(26)29)24-15-9-11-16(12-10-15)32(30,31)25-19-8-2-1-5-13-23-19/h3-4,6-7,9-12H,1-2,5,8,13-14H2,(H,23,25)(H,24,27). The summed E-state index contributed by atoms with van der Waals surface area (Å²) in [6.45, 7) is 0.170. The average Bonchev–Trinajstić information content (AvgIpc) is 2.94. The minimum Gasteiger partial charge on any atom is -0.325 e. The average molecular weight is 455 g/mol. The lowest BCUT2D eigenvalue weighted by atomic mass is 10.1. The molecule has 0 aromatic heterocycles. The lowest BCUT2D eigenvalue weighted by Gasteiger charge is -2.14. The molecule has 2 aromatic rings. The van der Waals surface area contributed by atoms with Gasteiger partial charge in [-0.15, -0.1) is 0 Å². The summed E-state index contributed by atoms with van der Waals surface area (Å²) in [5.41, 5.74) is 0.883. The molecule has 166 valence electrons. The van der Waals surface area contributed by atoms with Gasteiger partial charge in [0, 0.05) is 18.7 Å². The molecule has 0 fully saturated rings. The predicted octanol–water partition coefficient (Wildman–Crippen LogP) is 2.17. The predicted molar refractivity (Wildman–Crippen MR) is 118 cm³/mol. The van der Waals surface area contributed by atoms with E-state index in [1.165, 1.54) is 24.3 Å². The zero-order valence-electron chi connectivity index (χ0n) is 17.2. The van der Waals surface area contributed by atoms with Crippen molar-refractivity contribution in [2.24, 2.45) is 4.99 Å². The van der Waals surface area contributed by atoms with Crippen LogP contribution in [0, 0.1) is 0 Å². The highest BCUT2D eigenvalue weighted by molar-refractivity contribution is 7.90. The smallest absolute Gasteiger partial charge is 0.262 e. The molecule has 2 N–H and O–H groups in total. The minimum atomic E-state index is -3.78. The van der Waals surface area contributed by atoms with E-state index < -0.39 is 34.3 Å². The summed E-state index contributed by atoms with van der Waals surface area (Å²) in [6.07, 6.45) is 3.44. The first-order valence-electron chi connectivity index (χ1n) is 10.3. The van der Waals surface area contributed by atoms with E-state index in [1.54, 1.807) is 24.3 Å². The molecule has 32 heavy (non-hydrogen) atoms. The van der Waals surface area contributed by atoms with Gasteiger partial charge in [-0.25, -0.2) is 8.42 Å². The van der Waals surface area contributed by atoms with Crippen molar-refractivity contribution in [2.75, 3.05) is 18.4 Å². The van der Waals surface area contributed by atoms with Crippen LogP contribution in [0.4, 0.5) is 5.69 Å². The van der Waals surface area contributed by atoms with Crippen LogP contribution < -0.4 is 10.0 Å². The van der Waals surface area contributed by atoms with Crippen molar-refractivity contribution in [3.63, 3.8) is 0 Å². The van der Waals surface area contributed by atoms with Crippen LogP contribution >= 0.6 is 0 Å². The Labute approximate surface area is 185 Å². The number of hydrogen-bond donors (Lipinski definition) is 2. The lowest BCUT2D eigenvalue weighted by Crippen LogP contribution is -2.37. The zero-order chi connectivity index (χ0) is 22.7. The van der Waals surface area contributed by atoms with Crippen LogP contribution in [-0.2, 0) is 14.8 Å². The molecular weight excluding hydrogens is 432 g/mol. The number of anilines is 1. The maximum atomic E-state index is 12.6. The maximum absolute atomic E-state index is 12.6. The Kier molecular flexibility index (Phi) is 6.04. The summed E-state index contributed by atoms with van der Waals surface area (Å²) in [4.78, 5) is 42.3. The Bertz CT molecular complexity index is 1170. The van der Waals surface area contributed by atoms with Crippen molar-refractivity contribution in [2.45, 2.75) is 30.6 Å². The third kappa shape index (κ3) is 4.54. The molecule has 0 aliphatic carbocycles. The van der Waals surface area contributed by atoms with Crippen LogP contribution in [0.15, 0.2) is 58.4 Å². The Morgan fingerprint density at radius 3 is 2.25 bits per heavy atom. The van der Waals surface area contributed by atoms with Gasteiger partial charge >= 0.3 is 0 Å². The van der Waals surface area contributed by atoms with E-state index in [2.05, 4.69) is 15.0 Å². The van der Waals surface area contributed by atoms with E-state index in [1.807, 2.05) is 0 Å². The number of nitrogens with one attached hydrogen (secondary N) is 2. The number of rotatable bonds is 5. The first-order valence-corrected chi connectivity index (χ1v) is 11.7. The van der Waals surface area contributed by atoms with Crippen molar-refractivity contribution in [1.82, 2.24) is 9.62 Å². The van der Waals surface area contributed by atoms with Crippen molar-refractivity contribution in [3.8, 4) is 0 Å². The molecule has 3 amide bonds. The second kappa shape index (κ2) is 8.91. The summed E-state index contributed by atoms with van der Waals surface area (Å²) in [5, 5.41) is 2.58. The summed E-state index contributed by atoms with van der Waals surface area (Å²) in [7, 11) is -3.78. The highest BCUT2D eigenvalue weighted by Gasteiger charge is 2.36. The van der Waals surface area contributed by atoms with Crippen LogP contribution in [0.5, 0.6) is 0 Å². The Balaban J connectivity index is 1.38. The molecule has 2 aliphatic rings. The highest BCUT2D eigenvalue weighted by atomic mass is 32.2. The van der Waals surface area contributed by atoms with Crippen LogP contribution in [0.1, 0.15) is 46.4 Å². The third-order valence-electron chi connectivity index (χ3n) is 5.25. The van der Waals surface area contributed by atoms with Gasteiger partial charge in [0.25, 0.3) is 21.8 Å². The van der Waals surface area contributed by atoms with Gasteiger partial charge in [0.1, 0.15) is 12.4 Å². The van der Waals surface area contributed by atoms with Crippen LogP contribution in [-0.4, -0.2) is 50.0 Å². The maximum Gasteiger partial charge on any atom is 0.262 e. The number of aliphatic imine (C=N–C) groups is 1. The number of carbonyl (C=O) groups excluding carboxylic acids is 3. The molecule has 4 rings (SSSR count). The number of nitrogens with zero attached hydrogens (tertiary/aromatic N) is 2. The number of benzene rings is 2. The van der Waals surface area contributed by atoms with Crippen molar-refractivity contribution >= 4 is 39.3 Å². The molecule has 9 nitrogen and oxygen atoms in total. The Hall–Kier alpha value is -3.53. The number of fused-ring (bicyclic) bond motifs is 1. The molecule has 10 heteroatoms. The van der Waals surface area contributed by atoms with Gasteiger partial charge in [-0.2, -0.15) is 0 Å². The molecule has 0 saturated heterocycles. The van der Waals surface area contributed by atoms with E-state index in [4.69, 9.17) is 0 Å². The van der Waals surface area contributed by atoms with E-state index in [-0.39, 0.29) is 16.0 Å². The highest BCUT2D eigenvalue weighted by Crippen LogP contribution is 2.22. The molecule has 0 unspecified atom stereocenters. The lowest BCUT2D eigenvalue weighted by molar-refractivity contribution is -0.116. The Morgan fingerprint density at radius 2 is 1.59 bits per heavy atom. The minimum absolute atomic E-state index is 0.0443. The van der Waals surface area contributed by atoms with Crippen LogP contribution in [0.3, 0.4) is 0 Å². The molecule has 2 aliphatic heterocycles. The molecule has 2 heterocycles. The van der Waals surface area contributed by atoms with E-state index in [0.717, 1.165) is 24.2 Å². The zero-order valence-corrected chi connectivity index (χ0v) is 18.0. The first-order chi connectivity index (χ1) is 15.3. The number of hydrogen-bond acceptors (Lipinski definition) is 6. The van der Waals surface area contributed by atoms with Crippen molar-refractivity contribution < 1.29 is 22.8 Å². The normalized spacial score (nSPS) is 16.2. The van der Waals surface area contributed by atoms with Gasteiger partial charge in [0.2, 0.25) is 5.91 Å². The fourth-order valence-corrected chi connectivity index (χ4v) is 4.70. The van der Waals surface area contributed by atoms with Gasteiger partial charge in [-0.05, 0) is 49.2 Å². The molecule has 0 spiro atoms. The number of sulfonamides is 1. The van der Waals surface area contributed by atoms with Gasteiger partial charge in [0.15, 0.2) is 0 Å². The number of amidine groups is 1.